The highest BCUT2D eigenvalue weighted by atomic mass is 32.2. The number of benzene rings is 2. The molecule has 2 aromatic heterocycles. The highest BCUT2D eigenvalue weighted by Gasteiger charge is 2.18. The maximum Gasteiger partial charge on any atom is 0.320 e. The van der Waals surface area contributed by atoms with E-state index in [0.717, 1.165) is 15.9 Å². The van der Waals surface area contributed by atoms with Gasteiger partial charge in [-0.25, -0.2) is 9.67 Å². The molecule has 0 amide bonds. The van der Waals surface area contributed by atoms with Crippen molar-refractivity contribution in [1.29, 1.82) is 0 Å². The minimum absolute atomic E-state index is 0.224. The Kier molecular flexibility index (Phi) is 5.20. The Morgan fingerprint density at radius 3 is 2.64 bits per heavy atom. The van der Waals surface area contributed by atoms with Crippen LogP contribution in [0.15, 0.2) is 53.7 Å². The van der Waals surface area contributed by atoms with Gasteiger partial charge in [0, 0.05) is 0 Å². The summed E-state index contributed by atoms with van der Waals surface area (Å²) in [6.07, 6.45) is 0. The van der Waals surface area contributed by atoms with Gasteiger partial charge >= 0.3 is 6.55 Å². The first-order valence-corrected chi connectivity index (χ1v) is 9.40. The van der Waals surface area contributed by atoms with Gasteiger partial charge in [0.15, 0.2) is 0 Å². The molecule has 0 unspecified atom stereocenters. The fourth-order valence-corrected chi connectivity index (χ4v) is 3.65. The first-order chi connectivity index (χ1) is 13.7. The number of halogens is 2. The minimum atomic E-state index is -2.67. The summed E-state index contributed by atoms with van der Waals surface area (Å²) in [5.41, 5.74) is 1.94. The lowest BCUT2D eigenvalue weighted by molar-refractivity contribution is 0.0722. The first-order valence-electron chi connectivity index (χ1n) is 8.41. The summed E-state index contributed by atoms with van der Waals surface area (Å²) in [4.78, 5) is 4.34. The molecule has 0 bridgehead atoms. The summed E-state index contributed by atoms with van der Waals surface area (Å²) in [6, 6.07) is 14.4. The molecular formula is C18H16F2N6OS. The molecule has 0 radical (unpaired) electrons. The highest BCUT2D eigenvalue weighted by molar-refractivity contribution is 7.98. The number of hydrogen-bond donors (Lipinski definition) is 0. The molecule has 10 heteroatoms. The number of ether oxygens (including phenoxy) is 1. The summed E-state index contributed by atoms with van der Waals surface area (Å²) in [5, 5.41) is 12.2. The van der Waals surface area contributed by atoms with Crippen LogP contribution in [-0.4, -0.2) is 36.9 Å². The van der Waals surface area contributed by atoms with E-state index < -0.39 is 6.55 Å². The number of alkyl halides is 2. The molecule has 0 saturated heterocycles. The topological polar surface area (TPSA) is 70.7 Å². The normalized spacial score (nSPS) is 11.4. The molecule has 0 atom stereocenters. The molecule has 0 aliphatic rings. The van der Waals surface area contributed by atoms with Crippen LogP contribution in [0.2, 0.25) is 0 Å². The van der Waals surface area contributed by atoms with Crippen LogP contribution >= 0.6 is 11.8 Å². The third-order valence-electron chi connectivity index (χ3n) is 4.18. The number of thioether (sulfide) groups is 1. The molecule has 28 heavy (non-hydrogen) atoms. The van der Waals surface area contributed by atoms with Crippen molar-refractivity contribution in [2.45, 2.75) is 24.0 Å². The van der Waals surface area contributed by atoms with E-state index in [-0.39, 0.29) is 11.6 Å². The Balaban J connectivity index is 1.53. The van der Waals surface area contributed by atoms with Gasteiger partial charge in [-0.3, -0.25) is 4.57 Å². The second-order valence-corrected chi connectivity index (χ2v) is 6.86. The van der Waals surface area contributed by atoms with Crippen molar-refractivity contribution in [2.75, 3.05) is 7.11 Å². The molecule has 0 spiro atoms. The third kappa shape index (κ3) is 3.68. The molecule has 0 saturated carbocycles. The minimum Gasteiger partial charge on any atom is -0.497 e. The van der Waals surface area contributed by atoms with Crippen LogP contribution in [0.25, 0.3) is 11.0 Å². The second-order valence-electron chi connectivity index (χ2n) is 5.92. The van der Waals surface area contributed by atoms with Gasteiger partial charge in [-0.05, 0) is 40.3 Å². The molecule has 0 aliphatic heterocycles. The lowest BCUT2D eigenvalue weighted by atomic mass is 10.2. The van der Waals surface area contributed by atoms with Crippen molar-refractivity contribution in [3.05, 3.63) is 59.9 Å². The molecule has 0 N–H and O–H groups in total. The van der Waals surface area contributed by atoms with Gasteiger partial charge in [-0.15, -0.1) is 5.10 Å². The number of para-hydroxylation sites is 2. The molecule has 4 rings (SSSR count). The summed E-state index contributed by atoms with van der Waals surface area (Å²) in [6.45, 7) is -2.21. The number of tetrazole rings is 1. The standard InChI is InChI=1S/C18H16F2N6OS/c1-27-13-8-6-12(7-9-13)10-25-18(22-23-24-25)28-11-16-21-14-4-2-3-5-15(14)26(16)17(19)20/h2-9,17H,10-11H2,1H3. The average molecular weight is 402 g/mol. The quantitative estimate of drug-likeness (QED) is 0.438. The molecule has 0 fully saturated rings. The van der Waals surface area contributed by atoms with E-state index in [2.05, 4.69) is 20.5 Å². The van der Waals surface area contributed by atoms with Crippen molar-refractivity contribution in [2.24, 2.45) is 0 Å². The first kappa shape index (κ1) is 18.4. The van der Waals surface area contributed by atoms with Crippen LogP contribution in [0.3, 0.4) is 0 Å². The second kappa shape index (κ2) is 7.93. The molecular weight excluding hydrogens is 386 g/mol. The zero-order valence-electron chi connectivity index (χ0n) is 14.9. The molecule has 0 aliphatic carbocycles. The monoisotopic (exact) mass is 402 g/mol. The van der Waals surface area contributed by atoms with Crippen molar-refractivity contribution >= 4 is 22.8 Å². The predicted octanol–water partition coefficient (Wildman–Crippen LogP) is 3.77. The lowest BCUT2D eigenvalue weighted by Crippen LogP contribution is -2.06. The highest BCUT2D eigenvalue weighted by Crippen LogP contribution is 2.27. The largest absolute Gasteiger partial charge is 0.497 e. The number of methoxy groups -OCH3 is 1. The fraction of sp³-hybridized carbons (Fsp3) is 0.222. The van der Waals surface area contributed by atoms with Crippen LogP contribution in [-0.2, 0) is 12.3 Å². The SMILES string of the molecule is COc1ccc(Cn2nnnc2SCc2nc3ccccc3n2C(F)F)cc1. The number of fused-ring (bicyclic) bond motifs is 1. The Bertz CT molecular complexity index is 1080. The third-order valence-corrected chi connectivity index (χ3v) is 5.14. The Hall–Kier alpha value is -3.01. The average Bonchev–Trinajstić information content (AvgIpc) is 3.30. The van der Waals surface area contributed by atoms with Crippen LogP contribution in [0.1, 0.15) is 17.9 Å². The van der Waals surface area contributed by atoms with Crippen LogP contribution in [0.5, 0.6) is 5.75 Å². The Morgan fingerprint density at radius 2 is 1.89 bits per heavy atom. The molecule has 144 valence electrons. The van der Waals surface area contributed by atoms with Gasteiger partial charge in [0.2, 0.25) is 5.16 Å². The van der Waals surface area contributed by atoms with Gasteiger partial charge in [0.25, 0.3) is 0 Å². The zero-order valence-corrected chi connectivity index (χ0v) is 15.7. The van der Waals surface area contributed by atoms with Gasteiger partial charge in [-0.1, -0.05) is 36.0 Å². The van der Waals surface area contributed by atoms with Crippen molar-refractivity contribution in [3.8, 4) is 5.75 Å². The smallest absolute Gasteiger partial charge is 0.320 e. The lowest BCUT2D eigenvalue weighted by Gasteiger charge is -2.08. The molecule has 4 aromatic rings. The predicted molar refractivity (Wildman–Crippen MR) is 100 cm³/mol. The number of aromatic nitrogens is 6. The summed E-state index contributed by atoms with van der Waals surface area (Å²) < 4.78 is 34.8. The maximum atomic E-state index is 13.5. The number of rotatable bonds is 7. The molecule has 7 nitrogen and oxygen atoms in total. The van der Waals surface area contributed by atoms with Crippen LogP contribution in [0, 0.1) is 0 Å². The van der Waals surface area contributed by atoms with Crippen molar-refractivity contribution in [3.63, 3.8) is 0 Å². The zero-order chi connectivity index (χ0) is 19.5. The molecule has 2 aromatic carbocycles. The van der Waals surface area contributed by atoms with E-state index in [0.29, 0.717) is 22.7 Å². The number of hydrogen-bond acceptors (Lipinski definition) is 6. The van der Waals surface area contributed by atoms with E-state index in [1.807, 2.05) is 24.3 Å². The Labute approximate surface area is 163 Å². The van der Waals surface area contributed by atoms with Crippen molar-refractivity contribution in [1.82, 2.24) is 29.8 Å². The van der Waals surface area contributed by atoms with E-state index in [9.17, 15) is 8.78 Å². The van der Waals surface area contributed by atoms with Crippen LogP contribution in [0.4, 0.5) is 8.78 Å². The van der Waals surface area contributed by atoms with Gasteiger partial charge in [0.1, 0.15) is 11.6 Å². The van der Waals surface area contributed by atoms with E-state index >= 15 is 0 Å². The number of imidazole rings is 1. The fourth-order valence-electron chi connectivity index (χ4n) is 2.85. The van der Waals surface area contributed by atoms with E-state index in [1.165, 1.54) is 11.8 Å². The van der Waals surface area contributed by atoms with E-state index in [4.69, 9.17) is 4.74 Å². The molecule has 2 heterocycles. The van der Waals surface area contributed by atoms with Gasteiger partial charge in [-0.2, -0.15) is 8.78 Å². The maximum absolute atomic E-state index is 13.5. The van der Waals surface area contributed by atoms with Gasteiger partial charge in [0.05, 0.1) is 30.4 Å². The summed E-state index contributed by atoms with van der Waals surface area (Å²) >= 11 is 1.27. The summed E-state index contributed by atoms with van der Waals surface area (Å²) in [7, 11) is 1.61. The summed E-state index contributed by atoms with van der Waals surface area (Å²) in [5.74, 6) is 1.27. The Morgan fingerprint density at radius 1 is 1.11 bits per heavy atom. The van der Waals surface area contributed by atoms with Crippen molar-refractivity contribution < 1.29 is 13.5 Å². The van der Waals surface area contributed by atoms with Crippen LogP contribution < -0.4 is 4.74 Å². The number of nitrogens with zero attached hydrogens (tertiary/aromatic N) is 6. The van der Waals surface area contributed by atoms with Gasteiger partial charge < -0.3 is 4.74 Å². The van der Waals surface area contributed by atoms with E-state index in [1.54, 1.807) is 36.1 Å².